The van der Waals surface area contributed by atoms with Crippen LogP contribution < -0.4 is 14.8 Å². The Morgan fingerprint density at radius 3 is 2.19 bits per heavy atom. The maximum absolute atomic E-state index is 12.8. The summed E-state index contributed by atoms with van der Waals surface area (Å²) in [6, 6.07) is 16.3. The molecule has 9 heteroatoms. The molecule has 190 valence electrons. The highest BCUT2D eigenvalue weighted by Crippen LogP contribution is 2.32. The number of rotatable bonds is 8. The van der Waals surface area contributed by atoms with E-state index in [0.29, 0.717) is 33.9 Å². The highest BCUT2D eigenvalue weighted by atomic mass is 19.4. The number of alkyl halides is 3. The lowest BCUT2D eigenvalue weighted by Crippen LogP contribution is -2.38. The van der Waals surface area contributed by atoms with E-state index in [9.17, 15) is 27.9 Å². The number of aryl methyl sites for hydroxylation is 1. The van der Waals surface area contributed by atoms with Crippen molar-refractivity contribution in [2.75, 3.05) is 5.32 Å². The van der Waals surface area contributed by atoms with Gasteiger partial charge in [-0.15, -0.1) is 0 Å². The number of nitrogens with one attached hydrogen (secondary N) is 1. The molecule has 1 amide bonds. The van der Waals surface area contributed by atoms with E-state index in [0.717, 1.165) is 12.1 Å². The number of carbonyl (C=O) groups is 2. The number of ether oxygens (including phenoxy) is 2. The molecule has 1 unspecified atom stereocenters. The van der Waals surface area contributed by atoms with E-state index in [2.05, 4.69) is 5.32 Å². The van der Waals surface area contributed by atoms with E-state index < -0.39 is 35.3 Å². The Hall–Kier alpha value is -4.01. The Labute approximate surface area is 206 Å². The number of carboxylic acids is 1. The van der Waals surface area contributed by atoms with Crippen LogP contribution in [0, 0.1) is 6.92 Å². The van der Waals surface area contributed by atoms with Crippen molar-refractivity contribution < 1.29 is 37.3 Å². The quantitative estimate of drug-likeness (QED) is 0.377. The number of carbonyl (C=O) groups excluding carboxylic acids is 1. The van der Waals surface area contributed by atoms with Gasteiger partial charge in [-0.2, -0.15) is 13.2 Å². The molecule has 0 saturated carbocycles. The van der Waals surface area contributed by atoms with Crippen LogP contribution in [0.3, 0.4) is 0 Å². The van der Waals surface area contributed by atoms with Gasteiger partial charge in [0.1, 0.15) is 11.5 Å². The minimum atomic E-state index is -4.41. The minimum absolute atomic E-state index is 0.381. The Morgan fingerprint density at radius 1 is 0.944 bits per heavy atom. The highest BCUT2D eigenvalue weighted by molar-refractivity contribution is 5.94. The largest absolute Gasteiger partial charge is 0.481 e. The summed E-state index contributed by atoms with van der Waals surface area (Å²) in [6.45, 7) is 6.19. The van der Waals surface area contributed by atoms with E-state index in [1.165, 1.54) is 26.0 Å². The smallest absolute Gasteiger partial charge is 0.416 e. The fourth-order valence-corrected chi connectivity index (χ4v) is 3.26. The Morgan fingerprint density at radius 2 is 1.61 bits per heavy atom. The molecule has 3 aromatic rings. The molecule has 0 fully saturated rings. The van der Waals surface area contributed by atoms with Crippen LogP contribution in [0.15, 0.2) is 66.7 Å². The first-order chi connectivity index (χ1) is 16.8. The monoisotopic (exact) mass is 501 g/mol. The Kier molecular flexibility index (Phi) is 7.62. The molecule has 36 heavy (non-hydrogen) atoms. The van der Waals surface area contributed by atoms with E-state index in [1.54, 1.807) is 56.3 Å². The van der Waals surface area contributed by atoms with Gasteiger partial charge >= 0.3 is 12.1 Å². The molecule has 0 aliphatic carbocycles. The van der Waals surface area contributed by atoms with Crippen molar-refractivity contribution in [2.45, 2.75) is 45.6 Å². The first-order valence-electron chi connectivity index (χ1n) is 11.0. The number of halogens is 3. The van der Waals surface area contributed by atoms with Crippen LogP contribution in [0.1, 0.15) is 31.9 Å². The lowest BCUT2D eigenvalue weighted by Gasteiger charge is -2.23. The summed E-state index contributed by atoms with van der Waals surface area (Å²) in [7, 11) is 0. The molecule has 0 aliphatic heterocycles. The summed E-state index contributed by atoms with van der Waals surface area (Å²) in [5.41, 5.74) is 0.178. The van der Waals surface area contributed by atoms with Crippen LogP contribution in [-0.4, -0.2) is 28.7 Å². The van der Waals surface area contributed by atoms with Gasteiger partial charge in [0.25, 0.3) is 5.91 Å². The van der Waals surface area contributed by atoms with Gasteiger partial charge in [0.05, 0.1) is 5.56 Å². The molecule has 0 aromatic heterocycles. The average Bonchev–Trinajstić information content (AvgIpc) is 2.80. The fourth-order valence-electron chi connectivity index (χ4n) is 3.26. The maximum atomic E-state index is 12.8. The van der Waals surface area contributed by atoms with Crippen molar-refractivity contribution in [3.8, 4) is 22.6 Å². The summed E-state index contributed by atoms with van der Waals surface area (Å²) in [5, 5.41) is 12.0. The molecule has 0 aliphatic rings. The van der Waals surface area contributed by atoms with Crippen molar-refractivity contribution in [2.24, 2.45) is 0 Å². The average molecular weight is 502 g/mol. The molecule has 3 aromatic carbocycles. The molecule has 0 saturated heterocycles. The van der Waals surface area contributed by atoms with Crippen molar-refractivity contribution >= 4 is 17.6 Å². The van der Waals surface area contributed by atoms with Crippen LogP contribution >= 0.6 is 0 Å². The fraction of sp³-hybridized carbons (Fsp3) is 0.259. The Bertz CT molecular complexity index is 1250. The third-order valence-electron chi connectivity index (χ3n) is 5.38. The van der Waals surface area contributed by atoms with E-state index in [-0.39, 0.29) is 0 Å². The van der Waals surface area contributed by atoms with Crippen LogP contribution in [0.4, 0.5) is 18.9 Å². The van der Waals surface area contributed by atoms with Gasteiger partial charge in [-0.3, -0.25) is 4.79 Å². The van der Waals surface area contributed by atoms with Crippen molar-refractivity contribution in [3.63, 3.8) is 0 Å². The summed E-state index contributed by atoms with van der Waals surface area (Å²) < 4.78 is 49.7. The summed E-state index contributed by atoms with van der Waals surface area (Å²) in [4.78, 5) is 24.0. The van der Waals surface area contributed by atoms with Gasteiger partial charge in [-0.1, -0.05) is 24.3 Å². The summed E-state index contributed by atoms with van der Waals surface area (Å²) in [5.74, 6) is -0.749. The highest BCUT2D eigenvalue weighted by Gasteiger charge is 2.31. The molecule has 0 bridgehead atoms. The number of aliphatic carboxylic acids is 1. The lowest BCUT2D eigenvalue weighted by atomic mass is 10.0. The summed E-state index contributed by atoms with van der Waals surface area (Å²) >= 11 is 0. The second kappa shape index (κ2) is 10.3. The molecule has 1 atom stereocenters. The third-order valence-corrected chi connectivity index (χ3v) is 5.38. The van der Waals surface area contributed by atoms with E-state index >= 15 is 0 Å². The number of amides is 1. The van der Waals surface area contributed by atoms with Crippen molar-refractivity contribution in [1.29, 1.82) is 0 Å². The van der Waals surface area contributed by atoms with Crippen molar-refractivity contribution in [3.05, 3.63) is 77.9 Å². The second-order valence-corrected chi connectivity index (χ2v) is 8.75. The molecule has 3 rings (SSSR count). The molecule has 2 N–H and O–H groups in total. The van der Waals surface area contributed by atoms with Gasteiger partial charge < -0.3 is 19.9 Å². The number of benzene rings is 3. The zero-order valence-electron chi connectivity index (χ0n) is 20.1. The normalized spacial score (nSPS) is 12.5. The molecule has 0 spiro atoms. The molecule has 6 nitrogen and oxygen atoms in total. The van der Waals surface area contributed by atoms with Crippen LogP contribution in [0.2, 0.25) is 0 Å². The molecule has 0 radical (unpaired) electrons. The van der Waals surface area contributed by atoms with Crippen LogP contribution in [-0.2, 0) is 15.8 Å². The first-order valence-corrected chi connectivity index (χ1v) is 11.0. The van der Waals surface area contributed by atoms with Gasteiger partial charge in [-0.05, 0) is 86.8 Å². The standard InChI is InChI=1S/C27H26F3NO5/c1-16-14-22(12-13-23(16)36-26(3,4)25(33)34)35-17(2)24(32)31-21-7-5-6-19(15-21)18-8-10-20(11-9-18)27(28,29)30/h5-15,17H,1-4H3,(H,31,32)(H,33,34). The first kappa shape index (κ1) is 26.6. The van der Waals surface area contributed by atoms with Crippen LogP contribution in [0.5, 0.6) is 11.5 Å². The van der Waals surface area contributed by atoms with E-state index in [1.807, 2.05) is 0 Å². The SMILES string of the molecule is Cc1cc(OC(C)C(=O)Nc2cccc(-c3ccc(C(F)(F)F)cc3)c2)ccc1OC(C)(C)C(=O)O. The molecule has 0 heterocycles. The topological polar surface area (TPSA) is 84.9 Å². The van der Waals surface area contributed by atoms with Crippen molar-refractivity contribution in [1.82, 2.24) is 0 Å². The van der Waals surface area contributed by atoms with Gasteiger partial charge in [0.15, 0.2) is 11.7 Å². The zero-order valence-corrected chi connectivity index (χ0v) is 20.1. The number of carboxylic acid groups (broad SMARTS) is 1. The van der Waals surface area contributed by atoms with Gasteiger partial charge in [-0.25, -0.2) is 4.79 Å². The molecular formula is C27H26F3NO5. The summed E-state index contributed by atoms with van der Waals surface area (Å²) in [6.07, 6.45) is -5.29. The number of hydrogen-bond acceptors (Lipinski definition) is 4. The van der Waals surface area contributed by atoms with Gasteiger partial charge in [0.2, 0.25) is 0 Å². The zero-order chi connectivity index (χ0) is 26.7. The lowest BCUT2D eigenvalue weighted by molar-refractivity contribution is -0.152. The number of anilines is 1. The third kappa shape index (κ3) is 6.56. The Balaban J connectivity index is 1.66. The van der Waals surface area contributed by atoms with Gasteiger partial charge in [0, 0.05) is 5.69 Å². The predicted octanol–water partition coefficient (Wildman–Crippen LogP) is 6.33. The van der Waals surface area contributed by atoms with E-state index in [4.69, 9.17) is 9.47 Å². The maximum Gasteiger partial charge on any atom is 0.416 e. The predicted molar refractivity (Wildman–Crippen MR) is 129 cm³/mol. The number of hydrogen-bond donors (Lipinski definition) is 2. The van der Waals surface area contributed by atoms with Crippen LogP contribution in [0.25, 0.3) is 11.1 Å². The second-order valence-electron chi connectivity index (χ2n) is 8.75. The minimum Gasteiger partial charge on any atom is -0.481 e. The molecular weight excluding hydrogens is 475 g/mol.